The van der Waals surface area contributed by atoms with Crippen LogP contribution in [0.1, 0.15) is 57.0 Å². The van der Waals surface area contributed by atoms with Gasteiger partial charge in [-0.2, -0.15) is 0 Å². The molecule has 1 aliphatic carbocycles. The first-order chi connectivity index (χ1) is 8.38. The lowest BCUT2D eigenvalue weighted by Crippen LogP contribution is -2.18. The lowest BCUT2D eigenvalue weighted by molar-refractivity contribution is 0.331. The van der Waals surface area contributed by atoms with Gasteiger partial charge in [0.15, 0.2) is 0 Å². The number of hydrogen-bond donors (Lipinski definition) is 1. The zero-order chi connectivity index (χ0) is 11.9. The second kappa shape index (κ2) is 6.85. The molecule has 1 aromatic rings. The van der Waals surface area contributed by atoms with E-state index in [9.17, 15) is 0 Å². The molecule has 1 aliphatic rings. The summed E-state index contributed by atoms with van der Waals surface area (Å²) in [6.07, 6.45) is 9.57. The zero-order valence-corrected chi connectivity index (χ0v) is 11.0. The first-order valence-corrected chi connectivity index (χ1v) is 7.16. The molecular weight excluding hydrogens is 210 g/mol. The van der Waals surface area contributed by atoms with E-state index >= 15 is 0 Å². The number of nitrogens with one attached hydrogen (secondary N) is 1. The second-order valence-corrected chi connectivity index (χ2v) is 5.19. The topological polar surface area (TPSA) is 25.2 Å². The van der Waals surface area contributed by atoms with Crippen LogP contribution in [0.25, 0.3) is 0 Å². The number of furan rings is 1. The molecule has 0 atom stereocenters. The van der Waals surface area contributed by atoms with Gasteiger partial charge in [0.25, 0.3) is 0 Å². The van der Waals surface area contributed by atoms with Gasteiger partial charge in [-0.1, -0.05) is 39.0 Å². The molecule has 0 amide bonds. The first-order valence-electron chi connectivity index (χ1n) is 7.16. The van der Waals surface area contributed by atoms with E-state index in [1.165, 1.54) is 38.5 Å². The van der Waals surface area contributed by atoms with Crippen molar-refractivity contribution < 1.29 is 4.42 Å². The molecule has 0 bridgehead atoms. The molecule has 17 heavy (non-hydrogen) atoms. The highest BCUT2D eigenvalue weighted by atomic mass is 16.3. The fraction of sp³-hybridized carbons (Fsp3) is 0.733. The zero-order valence-electron chi connectivity index (χ0n) is 11.0. The highest BCUT2D eigenvalue weighted by Gasteiger charge is 2.12. The fourth-order valence-electron chi connectivity index (χ4n) is 2.70. The van der Waals surface area contributed by atoms with Crippen molar-refractivity contribution in [3.05, 3.63) is 23.7 Å². The van der Waals surface area contributed by atoms with Gasteiger partial charge >= 0.3 is 0 Å². The van der Waals surface area contributed by atoms with Crippen LogP contribution in [0.4, 0.5) is 0 Å². The summed E-state index contributed by atoms with van der Waals surface area (Å²) in [7, 11) is 0. The lowest BCUT2D eigenvalue weighted by Gasteiger charge is -2.21. The van der Waals surface area contributed by atoms with Crippen molar-refractivity contribution in [1.82, 2.24) is 5.32 Å². The predicted octanol–water partition coefficient (Wildman–Crippen LogP) is 3.90. The summed E-state index contributed by atoms with van der Waals surface area (Å²) in [5, 5.41) is 3.49. The van der Waals surface area contributed by atoms with Crippen LogP contribution >= 0.6 is 0 Å². The van der Waals surface area contributed by atoms with Gasteiger partial charge in [-0.25, -0.2) is 0 Å². The quantitative estimate of drug-likeness (QED) is 0.756. The molecule has 2 heteroatoms. The van der Waals surface area contributed by atoms with Crippen molar-refractivity contribution in [2.75, 3.05) is 6.54 Å². The maximum Gasteiger partial charge on any atom is 0.117 e. The minimum Gasteiger partial charge on any atom is -0.465 e. The molecule has 1 heterocycles. The Morgan fingerprint density at radius 2 is 1.94 bits per heavy atom. The van der Waals surface area contributed by atoms with Crippen molar-refractivity contribution in [3.63, 3.8) is 0 Å². The molecule has 0 unspecified atom stereocenters. The van der Waals surface area contributed by atoms with E-state index in [0.717, 1.165) is 36.9 Å². The van der Waals surface area contributed by atoms with Crippen molar-refractivity contribution >= 4 is 0 Å². The molecule has 0 aliphatic heterocycles. The Labute approximate surface area is 105 Å². The molecule has 2 nitrogen and oxygen atoms in total. The van der Waals surface area contributed by atoms with E-state index in [2.05, 4.69) is 24.4 Å². The van der Waals surface area contributed by atoms with E-state index in [-0.39, 0.29) is 0 Å². The third-order valence-corrected chi connectivity index (χ3v) is 3.82. The minimum atomic E-state index is 0.882. The molecular formula is C15H25NO. The van der Waals surface area contributed by atoms with Crippen molar-refractivity contribution in [1.29, 1.82) is 0 Å². The number of aryl methyl sites for hydroxylation is 1. The molecule has 0 saturated heterocycles. The Bertz CT molecular complexity index is 312. The molecule has 0 radical (unpaired) electrons. The SMILES string of the molecule is CCc1ccc(CNCCC2CCCCC2)o1. The normalized spacial score (nSPS) is 17.5. The Kier molecular flexibility index (Phi) is 5.11. The first kappa shape index (κ1) is 12.7. The maximum absolute atomic E-state index is 5.66. The minimum absolute atomic E-state index is 0.882. The van der Waals surface area contributed by atoms with Crippen LogP contribution in [-0.4, -0.2) is 6.54 Å². The lowest BCUT2D eigenvalue weighted by atomic mass is 9.87. The van der Waals surface area contributed by atoms with Crippen LogP contribution in [0.2, 0.25) is 0 Å². The van der Waals surface area contributed by atoms with Crippen LogP contribution in [0.3, 0.4) is 0 Å². The van der Waals surface area contributed by atoms with Gasteiger partial charge in [-0.05, 0) is 31.0 Å². The van der Waals surface area contributed by atoms with Gasteiger partial charge in [0.1, 0.15) is 11.5 Å². The Morgan fingerprint density at radius 3 is 2.65 bits per heavy atom. The number of hydrogen-bond acceptors (Lipinski definition) is 2. The molecule has 1 N–H and O–H groups in total. The summed E-state index contributed by atoms with van der Waals surface area (Å²) in [6, 6.07) is 4.17. The van der Waals surface area contributed by atoms with E-state index in [1.807, 2.05) is 0 Å². The molecule has 96 valence electrons. The van der Waals surface area contributed by atoms with Gasteiger partial charge in [0, 0.05) is 6.42 Å². The predicted molar refractivity (Wildman–Crippen MR) is 71.0 cm³/mol. The van der Waals surface area contributed by atoms with E-state index < -0.39 is 0 Å². The van der Waals surface area contributed by atoms with Crippen molar-refractivity contribution in [2.24, 2.45) is 5.92 Å². The summed E-state index contributed by atoms with van der Waals surface area (Å²) in [5.74, 6) is 3.14. The molecule has 0 aromatic carbocycles. The summed E-state index contributed by atoms with van der Waals surface area (Å²) in [4.78, 5) is 0. The summed E-state index contributed by atoms with van der Waals surface area (Å²) in [6.45, 7) is 4.14. The third kappa shape index (κ3) is 4.19. The maximum atomic E-state index is 5.66. The Morgan fingerprint density at radius 1 is 1.18 bits per heavy atom. The van der Waals surface area contributed by atoms with Crippen LogP contribution in [0.15, 0.2) is 16.5 Å². The smallest absolute Gasteiger partial charge is 0.117 e. The van der Waals surface area contributed by atoms with E-state index in [1.54, 1.807) is 0 Å². The van der Waals surface area contributed by atoms with E-state index in [0.29, 0.717) is 0 Å². The van der Waals surface area contributed by atoms with Crippen LogP contribution < -0.4 is 5.32 Å². The summed E-state index contributed by atoms with van der Waals surface area (Å²) < 4.78 is 5.66. The fourth-order valence-corrected chi connectivity index (χ4v) is 2.70. The summed E-state index contributed by atoms with van der Waals surface area (Å²) in [5.41, 5.74) is 0. The largest absolute Gasteiger partial charge is 0.465 e. The molecule has 1 fully saturated rings. The van der Waals surface area contributed by atoms with Gasteiger partial charge in [-0.3, -0.25) is 0 Å². The second-order valence-electron chi connectivity index (χ2n) is 5.19. The van der Waals surface area contributed by atoms with E-state index in [4.69, 9.17) is 4.42 Å². The van der Waals surface area contributed by atoms with Crippen LogP contribution in [0, 0.1) is 5.92 Å². The molecule has 2 rings (SSSR count). The highest BCUT2D eigenvalue weighted by Crippen LogP contribution is 2.25. The van der Waals surface area contributed by atoms with Gasteiger partial charge in [0.05, 0.1) is 6.54 Å². The standard InChI is InChI=1S/C15H25NO/c1-2-14-8-9-15(17-14)12-16-11-10-13-6-4-3-5-7-13/h8-9,13,16H,2-7,10-12H2,1H3. The molecule has 1 saturated carbocycles. The molecule has 0 spiro atoms. The van der Waals surface area contributed by atoms with Crippen molar-refractivity contribution in [3.8, 4) is 0 Å². The van der Waals surface area contributed by atoms with Gasteiger partial charge < -0.3 is 9.73 Å². The van der Waals surface area contributed by atoms with Gasteiger partial charge in [0.2, 0.25) is 0 Å². The average molecular weight is 235 g/mol. The number of rotatable bonds is 6. The van der Waals surface area contributed by atoms with Crippen LogP contribution in [0.5, 0.6) is 0 Å². The Balaban J connectivity index is 1.59. The monoisotopic (exact) mass is 235 g/mol. The van der Waals surface area contributed by atoms with Gasteiger partial charge in [-0.15, -0.1) is 0 Å². The average Bonchev–Trinajstić information content (AvgIpc) is 2.84. The molecule has 1 aromatic heterocycles. The highest BCUT2D eigenvalue weighted by molar-refractivity contribution is 5.06. The third-order valence-electron chi connectivity index (χ3n) is 3.82. The Hall–Kier alpha value is -0.760. The van der Waals surface area contributed by atoms with Crippen molar-refractivity contribution in [2.45, 2.75) is 58.4 Å². The van der Waals surface area contributed by atoms with Crippen LogP contribution in [-0.2, 0) is 13.0 Å². The summed E-state index contributed by atoms with van der Waals surface area (Å²) >= 11 is 0.